The number of aryl methyl sites for hydroxylation is 1. The second-order valence-corrected chi connectivity index (χ2v) is 17.1. The van der Waals surface area contributed by atoms with Crippen LogP contribution in [0.5, 0.6) is 5.88 Å². The van der Waals surface area contributed by atoms with Crippen molar-refractivity contribution in [3.63, 3.8) is 0 Å². The molecule has 3 heterocycles. The lowest BCUT2D eigenvalue weighted by molar-refractivity contribution is -0.141. The molecule has 38 heavy (non-hydrogen) atoms. The van der Waals surface area contributed by atoms with E-state index in [1.807, 2.05) is 31.2 Å². The van der Waals surface area contributed by atoms with E-state index in [0.717, 1.165) is 49.2 Å². The highest BCUT2D eigenvalue weighted by Gasteiger charge is 2.35. The molecule has 206 valence electrons. The van der Waals surface area contributed by atoms with Crippen molar-refractivity contribution in [1.82, 2.24) is 19.5 Å². The van der Waals surface area contributed by atoms with E-state index in [0.29, 0.717) is 36.5 Å². The predicted octanol–water partition coefficient (Wildman–Crippen LogP) is 7.33. The Hall–Kier alpha value is -2.72. The molecule has 1 fully saturated rings. The Morgan fingerprint density at radius 2 is 1.82 bits per heavy atom. The molecule has 0 bridgehead atoms. The van der Waals surface area contributed by atoms with Crippen molar-refractivity contribution >= 4 is 8.07 Å². The third-order valence-corrected chi connectivity index (χ3v) is 8.66. The normalized spacial score (nSPS) is 18.5. The number of pyridine rings is 2. The van der Waals surface area contributed by atoms with Gasteiger partial charge in [0.1, 0.15) is 12.6 Å². The summed E-state index contributed by atoms with van der Waals surface area (Å²) >= 11 is 0. The number of halogens is 3. The number of ether oxygens (including phenoxy) is 2. The Kier molecular flexibility index (Phi) is 8.92. The largest absolute Gasteiger partial charge is 0.477 e. The van der Waals surface area contributed by atoms with Crippen molar-refractivity contribution in [2.24, 2.45) is 5.92 Å². The molecule has 10 heteroatoms. The summed E-state index contributed by atoms with van der Waals surface area (Å²) in [5, 5.41) is 0. The van der Waals surface area contributed by atoms with Crippen LogP contribution in [0.3, 0.4) is 0 Å². The quantitative estimate of drug-likeness (QED) is 0.197. The second kappa shape index (κ2) is 12.0. The van der Waals surface area contributed by atoms with Crippen LogP contribution < -0.4 is 4.74 Å². The van der Waals surface area contributed by atoms with Gasteiger partial charge in [-0.25, -0.2) is 9.97 Å². The molecule has 0 N–H and O–H groups in total. The molecule has 0 radical (unpaired) electrons. The summed E-state index contributed by atoms with van der Waals surface area (Å²) in [6.45, 7) is 9.91. The number of hydrogen-bond donors (Lipinski definition) is 0. The van der Waals surface area contributed by atoms with Gasteiger partial charge >= 0.3 is 6.18 Å². The minimum absolute atomic E-state index is 0.0226. The van der Waals surface area contributed by atoms with E-state index in [1.54, 1.807) is 12.4 Å². The first-order valence-electron chi connectivity index (χ1n) is 13.2. The van der Waals surface area contributed by atoms with E-state index in [4.69, 9.17) is 9.47 Å². The fraction of sp³-hybridized carbons (Fsp3) is 0.536. The monoisotopic (exact) mass is 546 g/mol. The van der Waals surface area contributed by atoms with E-state index >= 15 is 0 Å². The smallest absolute Gasteiger partial charge is 0.434 e. The highest BCUT2D eigenvalue weighted by molar-refractivity contribution is 6.76. The van der Waals surface area contributed by atoms with Gasteiger partial charge in [0.15, 0.2) is 5.69 Å². The highest BCUT2D eigenvalue weighted by Crippen LogP contribution is 2.36. The maximum absolute atomic E-state index is 13.4. The Bertz CT molecular complexity index is 1180. The summed E-state index contributed by atoms with van der Waals surface area (Å²) in [6, 6.07) is 8.58. The number of hydrogen-bond acceptors (Lipinski definition) is 5. The first-order valence-corrected chi connectivity index (χ1v) is 16.9. The van der Waals surface area contributed by atoms with Gasteiger partial charge < -0.3 is 14.0 Å². The predicted molar refractivity (Wildman–Crippen MR) is 144 cm³/mol. The zero-order chi connectivity index (χ0) is 27.3. The Morgan fingerprint density at radius 1 is 1.05 bits per heavy atom. The zero-order valence-electron chi connectivity index (χ0n) is 22.6. The van der Waals surface area contributed by atoms with Crippen molar-refractivity contribution in [3.8, 4) is 17.3 Å². The number of rotatable bonds is 10. The van der Waals surface area contributed by atoms with Crippen LogP contribution in [0.1, 0.15) is 48.6 Å². The van der Waals surface area contributed by atoms with Crippen LogP contribution in [0.15, 0.2) is 42.9 Å². The Morgan fingerprint density at radius 3 is 2.45 bits per heavy atom. The third kappa shape index (κ3) is 7.89. The van der Waals surface area contributed by atoms with Crippen molar-refractivity contribution in [2.45, 2.75) is 77.1 Å². The molecule has 1 saturated carbocycles. The van der Waals surface area contributed by atoms with E-state index in [2.05, 4.69) is 34.6 Å². The van der Waals surface area contributed by atoms with E-state index < -0.39 is 19.9 Å². The minimum atomic E-state index is -4.52. The molecule has 4 rings (SSSR count). The topological polar surface area (TPSA) is 62.1 Å². The van der Waals surface area contributed by atoms with Gasteiger partial charge in [-0.15, -0.1) is 0 Å². The third-order valence-electron chi connectivity index (χ3n) is 6.96. The summed E-state index contributed by atoms with van der Waals surface area (Å²) in [4.78, 5) is 12.8. The average Bonchev–Trinajstić information content (AvgIpc) is 3.30. The van der Waals surface area contributed by atoms with Gasteiger partial charge in [-0.1, -0.05) is 19.6 Å². The fourth-order valence-corrected chi connectivity index (χ4v) is 5.37. The average molecular weight is 547 g/mol. The summed E-state index contributed by atoms with van der Waals surface area (Å²) in [5.74, 6) is 1.68. The van der Waals surface area contributed by atoms with Crippen LogP contribution in [-0.4, -0.2) is 40.8 Å². The van der Waals surface area contributed by atoms with Gasteiger partial charge in [-0.2, -0.15) is 13.2 Å². The number of aromatic nitrogens is 4. The molecule has 3 aromatic heterocycles. The summed E-state index contributed by atoms with van der Waals surface area (Å²) in [6.07, 6.45) is 3.96. The summed E-state index contributed by atoms with van der Waals surface area (Å²) in [5.41, 5.74) is 1.71. The molecule has 0 unspecified atom stereocenters. The second-order valence-electron chi connectivity index (χ2n) is 11.4. The molecule has 0 aromatic carbocycles. The number of alkyl halides is 3. The van der Waals surface area contributed by atoms with E-state index in [1.165, 1.54) is 4.57 Å². The molecular formula is C28H37F3N4O2Si. The maximum atomic E-state index is 13.4. The molecule has 0 aliphatic heterocycles. The van der Waals surface area contributed by atoms with Gasteiger partial charge in [0.25, 0.3) is 0 Å². The fourth-order valence-electron chi connectivity index (χ4n) is 4.62. The van der Waals surface area contributed by atoms with E-state index in [-0.39, 0.29) is 12.6 Å². The highest BCUT2D eigenvalue weighted by atomic mass is 28.3. The molecule has 0 amide bonds. The number of imidazole rings is 1. The first-order chi connectivity index (χ1) is 18.0. The van der Waals surface area contributed by atoms with Gasteiger partial charge in [-0.05, 0) is 68.3 Å². The molecule has 0 spiro atoms. The van der Waals surface area contributed by atoms with Crippen LogP contribution in [0.2, 0.25) is 25.7 Å². The molecule has 1 aliphatic carbocycles. The SMILES string of the molecule is Cc1ccnc(OC[C@H]2CC[C@H](c3ccc(-c4nc(C(F)(F)F)cn4COCC[Si](C)(C)C)cn3)CC2)c1. The lowest BCUT2D eigenvalue weighted by Gasteiger charge is -2.28. The van der Waals surface area contributed by atoms with Crippen LogP contribution in [0.25, 0.3) is 11.4 Å². The van der Waals surface area contributed by atoms with Gasteiger partial charge in [-0.3, -0.25) is 4.98 Å². The molecule has 0 atom stereocenters. The molecule has 0 saturated heterocycles. The molecular weight excluding hydrogens is 509 g/mol. The first kappa shape index (κ1) is 28.3. The number of nitrogens with zero attached hydrogens (tertiary/aromatic N) is 4. The zero-order valence-corrected chi connectivity index (χ0v) is 23.6. The van der Waals surface area contributed by atoms with Crippen LogP contribution in [-0.2, 0) is 17.6 Å². The van der Waals surface area contributed by atoms with Crippen molar-refractivity contribution in [1.29, 1.82) is 0 Å². The summed E-state index contributed by atoms with van der Waals surface area (Å²) < 4.78 is 53.3. The standard InChI is InChI=1S/C28H37F3N4O2Si/c1-20-11-12-32-26(15-20)37-18-21-5-7-22(8-6-21)24-10-9-23(16-33-24)27-34-25(28(29,30)31)17-35(27)19-36-13-14-38(2,3)4/h9-12,15-17,21-22H,5-8,13-14,18-19H2,1-4H3/t21-,22-. The maximum Gasteiger partial charge on any atom is 0.434 e. The lowest BCUT2D eigenvalue weighted by Crippen LogP contribution is -2.22. The van der Waals surface area contributed by atoms with Crippen molar-refractivity contribution in [3.05, 3.63) is 59.8 Å². The van der Waals surface area contributed by atoms with Gasteiger partial charge in [0.05, 0.1) is 6.61 Å². The van der Waals surface area contributed by atoms with Crippen LogP contribution in [0.4, 0.5) is 13.2 Å². The Balaban J connectivity index is 1.36. The van der Waals surface area contributed by atoms with Crippen LogP contribution in [0, 0.1) is 12.8 Å². The molecule has 6 nitrogen and oxygen atoms in total. The minimum Gasteiger partial charge on any atom is -0.477 e. The summed E-state index contributed by atoms with van der Waals surface area (Å²) in [7, 11) is -1.30. The van der Waals surface area contributed by atoms with Gasteiger partial charge in [0.2, 0.25) is 5.88 Å². The van der Waals surface area contributed by atoms with E-state index in [9.17, 15) is 13.2 Å². The van der Waals surface area contributed by atoms with Crippen molar-refractivity contribution in [2.75, 3.05) is 13.2 Å². The Labute approximate surface area is 223 Å². The van der Waals surface area contributed by atoms with Crippen molar-refractivity contribution < 1.29 is 22.6 Å². The molecule has 1 aliphatic rings. The van der Waals surface area contributed by atoms with Gasteiger partial charge in [0, 0.05) is 56.5 Å². The molecule has 3 aromatic rings. The van der Waals surface area contributed by atoms with Crippen LogP contribution >= 0.6 is 0 Å². The lowest BCUT2D eigenvalue weighted by atomic mass is 9.80.